The SMILES string of the molecule is C.C.C.CN1CCc2c(n(C(F)F)c3cc(-n4ccc(OCc5ccccc5)cc4=O)ccc23)C1. The number of aromatic nitrogens is 2. The first kappa shape index (κ1) is 27.8. The topological polar surface area (TPSA) is 39.4 Å². The fourth-order valence-electron chi connectivity index (χ4n) is 4.39. The number of rotatable bonds is 5. The van der Waals surface area contributed by atoms with Crippen molar-refractivity contribution in [2.45, 2.75) is 48.4 Å². The van der Waals surface area contributed by atoms with Gasteiger partial charge < -0.3 is 9.64 Å². The Morgan fingerprint density at radius 3 is 2.43 bits per heavy atom. The lowest BCUT2D eigenvalue weighted by Crippen LogP contribution is -2.27. The van der Waals surface area contributed by atoms with Crippen LogP contribution in [0.4, 0.5) is 8.78 Å². The number of hydrogen-bond acceptors (Lipinski definition) is 3. The molecule has 0 radical (unpaired) electrons. The second kappa shape index (κ2) is 11.3. The van der Waals surface area contributed by atoms with Gasteiger partial charge in [0.25, 0.3) is 5.56 Å². The molecule has 2 aromatic carbocycles. The molecule has 1 aliphatic heterocycles. The van der Waals surface area contributed by atoms with Crippen molar-refractivity contribution < 1.29 is 13.5 Å². The minimum absolute atomic E-state index is 0. The monoisotopic (exact) mass is 483 g/mol. The zero-order chi connectivity index (χ0) is 22.2. The first-order chi connectivity index (χ1) is 15.5. The molecule has 0 fully saturated rings. The summed E-state index contributed by atoms with van der Waals surface area (Å²) in [5.74, 6) is 0.464. The van der Waals surface area contributed by atoms with E-state index in [2.05, 4.69) is 0 Å². The summed E-state index contributed by atoms with van der Waals surface area (Å²) >= 11 is 0. The summed E-state index contributed by atoms with van der Waals surface area (Å²) in [5.41, 5.74) is 3.34. The van der Waals surface area contributed by atoms with Crippen molar-refractivity contribution in [3.63, 3.8) is 0 Å². The number of hydrogen-bond donors (Lipinski definition) is 0. The van der Waals surface area contributed by atoms with Crippen LogP contribution in [0.3, 0.4) is 0 Å². The molecule has 0 aliphatic carbocycles. The molecule has 0 atom stereocenters. The molecule has 5 rings (SSSR count). The summed E-state index contributed by atoms with van der Waals surface area (Å²) in [7, 11) is 1.93. The molecule has 0 N–H and O–H groups in total. The highest BCUT2D eigenvalue weighted by Crippen LogP contribution is 2.35. The summed E-state index contributed by atoms with van der Waals surface area (Å²) in [6, 6.07) is 18.1. The fourth-order valence-corrected chi connectivity index (χ4v) is 4.39. The van der Waals surface area contributed by atoms with Gasteiger partial charge in [0.1, 0.15) is 12.4 Å². The Balaban J connectivity index is 0.00000144. The lowest BCUT2D eigenvalue weighted by Gasteiger charge is -2.24. The van der Waals surface area contributed by atoms with Crippen LogP contribution in [-0.4, -0.2) is 27.6 Å². The zero-order valence-corrected chi connectivity index (χ0v) is 17.7. The lowest BCUT2D eigenvalue weighted by molar-refractivity contribution is 0.0691. The molecule has 35 heavy (non-hydrogen) atoms. The van der Waals surface area contributed by atoms with Gasteiger partial charge in [-0.05, 0) is 42.8 Å². The quantitative estimate of drug-likeness (QED) is 0.319. The highest BCUT2D eigenvalue weighted by atomic mass is 19.3. The van der Waals surface area contributed by atoms with Crippen LogP contribution in [0.1, 0.15) is 45.7 Å². The van der Waals surface area contributed by atoms with E-state index in [0.717, 1.165) is 34.0 Å². The molecule has 1 aliphatic rings. The second-order valence-electron chi connectivity index (χ2n) is 8.11. The van der Waals surface area contributed by atoms with Gasteiger partial charge in [-0.3, -0.25) is 13.9 Å². The van der Waals surface area contributed by atoms with Crippen LogP contribution in [0.5, 0.6) is 5.75 Å². The van der Waals surface area contributed by atoms with Crippen LogP contribution >= 0.6 is 0 Å². The van der Waals surface area contributed by atoms with Gasteiger partial charge in [-0.1, -0.05) is 58.7 Å². The van der Waals surface area contributed by atoms with E-state index < -0.39 is 6.55 Å². The predicted octanol–water partition coefficient (Wildman–Crippen LogP) is 6.66. The number of likely N-dealkylation sites (N-methyl/N-ethyl adjacent to an activating group) is 1. The summed E-state index contributed by atoms with van der Waals surface area (Å²) in [6.45, 7) is -0.968. The Morgan fingerprint density at radius 1 is 1.00 bits per heavy atom. The molecule has 3 heterocycles. The molecular weight excluding hydrogens is 448 g/mol. The van der Waals surface area contributed by atoms with E-state index in [-0.39, 0.29) is 27.8 Å². The Labute approximate surface area is 206 Å². The maximum absolute atomic E-state index is 14.0. The fraction of sp³-hybridized carbons (Fsp3) is 0.321. The molecule has 0 saturated carbocycles. The minimum Gasteiger partial charge on any atom is -0.489 e. The first-order valence-electron chi connectivity index (χ1n) is 10.5. The third-order valence-electron chi connectivity index (χ3n) is 5.98. The van der Waals surface area contributed by atoms with E-state index in [9.17, 15) is 13.6 Å². The average Bonchev–Trinajstić information content (AvgIpc) is 3.11. The summed E-state index contributed by atoms with van der Waals surface area (Å²) in [4.78, 5) is 14.8. The maximum Gasteiger partial charge on any atom is 0.319 e. The molecule has 4 aromatic rings. The Hall–Kier alpha value is -3.45. The van der Waals surface area contributed by atoms with Crippen molar-refractivity contribution in [2.75, 3.05) is 13.6 Å². The summed E-state index contributed by atoms with van der Waals surface area (Å²) in [6.07, 6.45) is 2.35. The highest BCUT2D eigenvalue weighted by molar-refractivity contribution is 5.87. The van der Waals surface area contributed by atoms with E-state index >= 15 is 0 Å². The molecule has 0 bridgehead atoms. The Bertz CT molecular complexity index is 1330. The van der Waals surface area contributed by atoms with Crippen LogP contribution in [0.15, 0.2) is 71.7 Å². The van der Waals surface area contributed by atoms with E-state index in [1.807, 2.05) is 54.4 Å². The van der Waals surface area contributed by atoms with E-state index in [1.54, 1.807) is 18.3 Å². The molecule has 0 spiro atoms. The Kier molecular flexibility index (Phi) is 8.99. The largest absolute Gasteiger partial charge is 0.489 e. The average molecular weight is 484 g/mol. The number of fused-ring (bicyclic) bond motifs is 3. The van der Waals surface area contributed by atoms with E-state index in [4.69, 9.17) is 4.74 Å². The summed E-state index contributed by atoms with van der Waals surface area (Å²) < 4.78 is 36.3. The van der Waals surface area contributed by atoms with Crippen molar-refractivity contribution in [1.29, 1.82) is 0 Å². The van der Waals surface area contributed by atoms with Gasteiger partial charge in [-0.25, -0.2) is 0 Å². The summed E-state index contributed by atoms with van der Waals surface area (Å²) in [5, 5.41) is 0.827. The maximum atomic E-state index is 14.0. The normalized spacial score (nSPS) is 12.9. The number of halogens is 2. The molecule has 5 nitrogen and oxygen atoms in total. The second-order valence-corrected chi connectivity index (χ2v) is 8.11. The van der Waals surface area contributed by atoms with Crippen LogP contribution in [-0.2, 0) is 19.6 Å². The first-order valence-corrected chi connectivity index (χ1v) is 10.5. The number of benzene rings is 2. The van der Waals surface area contributed by atoms with Crippen LogP contribution in [0, 0.1) is 0 Å². The van der Waals surface area contributed by atoms with Crippen LogP contribution < -0.4 is 10.3 Å². The number of nitrogens with zero attached hydrogens (tertiary/aromatic N) is 3. The van der Waals surface area contributed by atoms with Crippen molar-refractivity contribution in [2.24, 2.45) is 0 Å². The van der Waals surface area contributed by atoms with Gasteiger partial charge in [0, 0.05) is 36.4 Å². The minimum atomic E-state index is -2.64. The van der Waals surface area contributed by atoms with Crippen molar-refractivity contribution >= 4 is 10.9 Å². The molecule has 0 unspecified atom stereocenters. The standard InChI is InChI=1S/C25H23F2N3O2.3CH4/c1-28-11-10-21-20-8-7-18(13-22(20)30(25(26)27)23(21)15-28)29-12-9-19(14-24(29)31)32-16-17-5-3-2-4-6-17;;;/h2-9,12-14,25H,10-11,15-16H2,1H3;3*1H4. The highest BCUT2D eigenvalue weighted by Gasteiger charge is 2.26. The number of alkyl halides is 2. The van der Waals surface area contributed by atoms with Gasteiger partial charge in [0.2, 0.25) is 0 Å². The van der Waals surface area contributed by atoms with E-state index in [0.29, 0.717) is 35.8 Å². The van der Waals surface area contributed by atoms with Crippen molar-refractivity contribution in [3.05, 3.63) is 94.0 Å². The van der Waals surface area contributed by atoms with Gasteiger partial charge in [0.15, 0.2) is 0 Å². The molecular formula is C28H35F2N3O2. The molecule has 188 valence electrons. The van der Waals surface area contributed by atoms with Gasteiger partial charge >= 0.3 is 6.55 Å². The third-order valence-corrected chi connectivity index (χ3v) is 5.98. The predicted molar refractivity (Wildman–Crippen MR) is 140 cm³/mol. The number of pyridine rings is 1. The van der Waals surface area contributed by atoms with Crippen LogP contribution in [0.2, 0.25) is 0 Å². The third kappa shape index (κ3) is 5.30. The molecule has 2 aromatic heterocycles. The lowest BCUT2D eigenvalue weighted by atomic mass is 10.0. The van der Waals surface area contributed by atoms with Crippen molar-refractivity contribution in [3.8, 4) is 11.4 Å². The van der Waals surface area contributed by atoms with Crippen LogP contribution in [0.25, 0.3) is 16.6 Å². The van der Waals surface area contributed by atoms with Crippen molar-refractivity contribution in [1.82, 2.24) is 14.0 Å². The smallest absolute Gasteiger partial charge is 0.319 e. The molecule has 0 amide bonds. The number of ether oxygens (including phenoxy) is 1. The molecule has 0 saturated heterocycles. The zero-order valence-electron chi connectivity index (χ0n) is 17.7. The molecule has 7 heteroatoms. The van der Waals surface area contributed by atoms with Gasteiger partial charge in [-0.15, -0.1) is 0 Å². The van der Waals surface area contributed by atoms with Gasteiger partial charge in [-0.2, -0.15) is 8.78 Å². The van der Waals surface area contributed by atoms with Gasteiger partial charge in [0.05, 0.1) is 11.2 Å². The van der Waals surface area contributed by atoms with E-state index in [1.165, 1.54) is 10.6 Å². The Morgan fingerprint density at radius 2 is 1.74 bits per heavy atom.